The van der Waals surface area contributed by atoms with Crippen LogP contribution in [0.2, 0.25) is 0 Å². The van der Waals surface area contributed by atoms with Crippen molar-refractivity contribution in [1.82, 2.24) is 20.2 Å². The molecule has 0 amide bonds. The number of fused-ring (bicyclic) bond motifs is 2. The molecule has 1 N–H and O–H groups in total. The molecule has 8 nitrogen and oxygen atoms in total. The van der Waals surface area contributed by atoms with Crippen molar-refractivity contribution in [3.05, 3.63) is 66.5 Å². The third kappa shape index (κ3) is 3.55. The first-order chi connectivity index (χ1) is 16.7. The van der Waals surface area contributed by atoms with Gasteiger partial charge in [-0.25, -0.2) is 14.4 Å². The highest BCUT2D eigenvalue weighted by Gasteiger charge is 2.17. The molecule has 34 heavy (non-hydrogen) atoms. The first-order valence-electron chi connectivity index (χ1n) is 10.9. The van der Waals surface area contributed by atoms with Crippen LogP contribution >= 0.6 is 0 Å². The van der Waals surface area contributed by atoms with Gasteiger partial charge in [-0.15, -0.1) is 5.10 Å². The zero-order chi connectivity index (χ0) is 23.1. The largest absolute Gasteiger partial charge is 0.454 e. The molecule has 1 fully saturated rings. The fourth-order valence-corrected chi connectivity index (χ4v) is 4.32. The molecule has 1 saturated heterocycles. The maximum atomic E-state index is 15.0. The highest BCUT2D eigenvalue weighted by atomic mass is 19.1. The van der Waals surface area contributed by atoms with Crippen molar-refractivity contribution in [2.75, 3.05) is 31.2 Å². The monoisotopic (exact) mass is 457 g/mol. The molecule has 9 heteroatoms. The molecule has 6 rings (SSSR count). The Labute approximate surface area is 193 Å². The number of aliphatic hydroxyl groups is 1. The summed E-state index contributed by atoms with van der Waals surface area (Å²) in [7, 11) is 0. The standard InChI is InChI=1S/C25H20FN5O3/c26-20-4-1-15(23-10-16-12-29-30-22(13-32)25(16)34-23)9-19(20)24-18-3-2-17(11-21(18)27-14-28-24)31-5-7-33-8-6-31/h1-4,9-12,14,32H,5-8,13H2. The van der Waals surface area contributed by atoms with Crippen molar-refractivity contribution in [2.24, 2.45) is 0 Å². The van der Waals surface area contributed by atoms with Gasteiger partial charge in [-0.2, -0.15) is 5.10 Å². The Balaban J connectivity index is 1.44. The van der Waals surface area contributed by atoms with Crippen LogP contribution < -0.4 is 4.90 Å². The van der Waals surface area contributed by atoms with Crippen LogP contribution in [0.1, 0.15) is 5.69 Å². The molecular weight excluding hydrogens is 437 g/mol. The minimum atomic E-state index is -0.392. The summed E-state index contributed by atoms with van der Waals surface area (Å²) in [5.74, 6) is 0.130. The summed E-state index contributed by atoms with van der Waals surface area (Å²) >= 11 is 0. The SMILES string of the molecule is OCc1nncc2cc(-c3ccc(F)c(-c4ncnc5cc(N6CCOCC6)ccc45)c3)oc12. The number of nitrogens with zero attached hydrogens (tertiary/aromatic N) is 5. The molecule has 1 aliphatic heterocycles. The smallest absolute Gasteiger partial charge is 0.162 e. The van der Waals surface area contributed by atoms with Crippen LogP contribution in [0, 0.1) is 5.82 Å². The minimum absolute atomic E-state index is 0.286. The van der Waals surface area contributed by atoms with E-state index in [1.54, 1.807) is 24.4 Å². The Kier molecular flexibility index (Phi) is 5.12. The van der Waals surface area contributed by atoms with Gasteiger partial charge in [0, 0.05) is 40.7 Å². The summed E-state index contributed by atoms with van der Waals surface area (Å²) in [6.07, 6.45) is 3.02. The number of aromatic nitrogens is 4. The van der Waals surface area contributed by atoms with E-state index in [1.165, 1.54) is 12.4 Å². The lowest BCUT2D eigenvalue weighted by Crippen LogP contribution is -2.36. The molecule has 0 saturated carbocycles. The Morgan fingerprint density at radius 2 is 1.91 bits per heavy atom. The second-order valence-corrected chi connectivity index (χ2v) is 8.06. The Morgan fingerprint density at radius 1 is 1.03 bits per heavy atom. The van der Waals surface area contributed by atoms with Gasteiger partial charge in [0.05, 0.1) is 37.2 Å². The molecule has 0 aliphatic carbocycles. The predicted octanol–water partition coefficient (Wildman–Crippen LogP) is 3.97. The van der Waals surface area contributed by atoms with Crippen LogP contribution in [0.4, 0.5) is 10.1 Å². The van der Waals surface area contributed by atoms with E-state index in [0.717, 1.165) is 29.7 Å². The van der Waals surface area contributed by atoms with Gasteiger partial charge in [0.25, 0.3) is 0 Å². The minimum Gasteiger partial charge on any atom is -0.454 e. The van der Waals surface area contributed by atoms with E-state index in [0.29, 0.717) is 52.5 Å². The van der Waals surface area contributed by atoms with E-state index < -0.39 is 5.82 Å². The van der Waals surface area contributed by atoms with Crippen molar-refractivity contribution in [3.63, 3.8) is 0 Å². The topological polar surface area (TPSA) is 97.4 Å². The van der Waals surface area contributed by atoms with E-state index in [4.69, 9.17) is 9.15 Å². The average Bonchev–Trinajstić information content (AvgIpc) is 3.33. The first kappa shape index (κ1) is 20.6. The molecular formula is C25H20FN5O3. The van der Waals surface area contributed by atoms with Gasteiger partial charge in [-0.05, 0) is 42.5 Å². The number of hydrogen-bond acceptors (Lipinski definition) is 8. The summed E-state index contributed by atoms with van der Waals surface area (Å²) in [6.45, 7) is 2.74. The zero-order valence-electron chi connectivity index (χ0n) is 18.1. The number of rotatable bonds is 4. The van der Waals surface area contributed by atoms with Crippen LogP contribution in [0.5, 0.6) is 0 Å². The van der Waals surface area contributed by atoms with Gasteiger partial charge in [0.15, 0.2) is 5.58 Å². The summed E-state index contributed by atoms with van der Waals surface area (Å²) in [5, 5.41) is 18.8. The lowest BCUT2D eigenvalue weighted by Gasteiger charge is -2.29. The number of hydrogen-bond donors (Lipinski definition) is 1. The van der Waals surface area contributed by atoms with Crippen molar-refractivity contribution >= 4 is 27.6 Å². The lowest BCUT2D eigenvalue weighted by atomic mass is 10.0. The van der Waals surface area contributed by atoms with E-state index >= 15 is 4.39 Å². The second kappa shape index (κ2) is 8.44. The third-order valence-corrected chi connectivity index (χ3v) is 6.05. The fourth-order valence-electron chi connectivity index (χ4n) is 4.32. The van der Waals surface area contributed by atoms with Crippen LogP contribution in [-0.2, 0) is 11.3 Å². The van der Waals surface area contributed by atoms with Gasteiger partial charge in [0.1, 0.15) is 23.6 Å². The molecule has 2 aromatic carbocycles. The maximum Gasteiger partial charge on any atom is 0.162 e. The molecule has 0 spiro atoms. The number of benzene rings is 2. The molecule has 170 valence electrons. The Morgan fingerprint density at radius 3 is 2.76 bits per heavy atom. The van der Waals surface area contributed by atoms with E-state index in [9.17, 15) is 5.11 Å². The fraction of sp³-hybridized carbons (Fsp3) is 0.200. The number of anilines is 1. The van der Waals surface area contributed by atoms with Crippen molar-refractivity contribution < 1.29 is 18.7 Å². The van der Waals surface area contributed by atoms with Gasteiger partial charge in [-0.3, -0.25) is 0 Å². The number of aliphatic hydroxyl groups excluding tert-OH is 1. The summed E-state index contributed by atoms with van der Waals surface area (Å²) in [6, 6.07) is 12.5. The summed E-state index contributed by atoms with van der Waals surface area (Å²) in [5.41, 5.74) is 4.14. The quantitative estimate of drug-likeness (QED) is 0.433. The van der Waals surface area contributed by atoms with E-state index in [1.807, 2.05) is 18.2 Å². The third-order valence-electron chi connectivity index (χ3n) is 6.05. The zero-order valence-corrected chi connectivity index (χ0v) is 18.1. The van der Waals surface area contributed by atoms with E-state index in [-0.39, 0.29) is 6.61 Å². The van der Waals surface area contributed by atoms with Crippen LogP contribution in [0.15, 0.2) is 59.4 Å². The number of ether oxygens (including phenoxy) is 1. The molecule has 1 aliphatic rings. The van der Waals surface area contributed by atoms with Crippen LogP contribution in [0.3, 0.4) is 0 Å². The van der Waals surface area contributed by atoms with Crippen LogP contribution in [-0.4, -0.2) is 51.6 Å². The molecule has 3 aromatic heterocycles. The first-order valence-corrected chi connectivity index (χ1v) is 10.9. The van der Waals surface area contributed by atoms with Crippen LogP contribution in [0.25, 0.3) is 44.5 Å². The molecule has 0 unspecified atom stereocenters. The van der Waals surface area contributed by atoms with Crippen molar-refractivity contribution in [2.45, 2.75) is 6.61 Å². The average molecular weight is 457 g/mol. The number of halogens is 1. The Bertz CT molecular complexity index is 1510. The van der Waals surface area contributed by atoms with E-state index in [2.05, 4.69) is 25.1 Å². The van der Waals surface area contributed by atoms with Crippen molar-refractivity contribution in [1.29, 1.82) is 0 Å². The molecule has 4 heterocycles. The molecule has 0 radical (unpaired) electrons. The molecule has 0 bridgehead atoms. The lowest BCUT2D eigenvalue weighted by molar-refractivity contribution is 0.122. The number of furan rings is 1. The maximum absolute atomic E-state index is 15.0. The summed E-state index contributed by atoms with van der Waals surface area (Å²) < 4.78 is 26.4. The van der Waals surface area contributed by atoms with Gasteiger partial charge in [0.2, 0.25) is 0 Å². The van der Waals surface area contributed by atoms with Crippen molar-refractivity contribution in [3.8, 4) is 22.6 Å². The second-order valence-electron chi connectivity index (χ2n) is 8.06. The highest BCUT2D eigenvalue weighted by molar-refractivity contribution is 5.95. The predicted molar refractivity (Wildman–Crippen MR) is 125 cm³/mol. The summed E-state index contributed by atoms with van der Waals surface area (Å²) in [4.78, 5) is 11.1. The van der Waals surface area contributed by atoms with Gasteiger partial charge < -0.3 is 19.2 Å². The molecule has 5 aromatic rings. The van der Waals surface area contributed by atoms with Gasteiger partial charge in [-0.1, -0.05) is 0 Å². The molecule has 0 atom stereocenters. The number of morpholine rings is 1. The normalized spacial score (nSPS) is 14.2. The Hall–Kier alpha value is -3.95. The van der Waals surface area contributed by atoms with Gasteiger partial charge >= 0.3 is 0 Å². The highest BCUT2D eigenvalue weighted by Crippen LogP contribution is 2.35.